The minimum atomic E-state index is -2.98. The van der Waals surface area contributed by atoms with E-state index in [1.807, 2.05) is 38.1 Å². The first-order valence-corrected chi connectivity index (χ1v) is 10.3. The summed E-state index contributed by atoms with van der Waals surface area (Å²) < 4.78 is 27.3. The molecule has 0 heterocycles. The molecule has 1 atom stereocenters. The molecule has 0 saturated heterocycles. The summed E-state index contributed by atoms with van der Waals surface area (Å²) in [6.45, 7) is 5.80. The average molecular weight is 376 g/mol. The molecule has 0 aliphatic heterocycles. The van der Waals surface area contributed by atoms with Gasteiger partial charge in [0.1, 0.15) is 9.84 Å². The number of hydrogen-bond donors (Lipinski definition) is 2. The Balaban J connectivity index is 2.45. The molecule has 0 aliphatic rings. The normalized spacial score (nSPS) is 13.6. The Bertz CT molecular complexity index is 618. The first-order valence-electron chi connectivity index (χ1n) is 7.87. The van der Waals surface area contributed by atoms with Crippen LogP contribution in [0.25, 0.3) is 0 Å². The van der Waals surface area contributed by atoms with Crippen LogP contribution < -0.4 is 10.6 Å². The van der Waals surface area contributed by atoms with Gasteiger partial charge in [-0.05, 0) is 31.5 Å². The molecule has 0 saturated carbocycles. The van der Waals surface area contributed by atoms with Crippen molar-refractivity contribution in [2.45, 2.75) is 19.9 Å². The molecule has 0 aromatic heterocycles. The smallest absolute Gasteiger partial charge is 0.191 e. The molecular weight excluding hydrogens is 350 g/mol. The fourth-order valence-corrected chi connectivity index (χ4v) is 2.44. The number of benzene rings is 1. The summed E-state index contributed by atoms with van der Waals surface area (Å²) in [4.78, 5) is 4.42. The maximum absolute atomic E-state index is 11.0. The van der Waals surface area contributed by atoms with Gasteiger partial charge in [0.2, 0.25) is 0 Å². The second-order valence-corrected chi connectivity index (χ2v) is 8.12. The number of guanidine groups is 1. The lowest BCUT2D eigenvalue weighted by atomic mass is 10.1. The first kappa shape index (κ1) is 20.7. The van der Waals surface area contributed by atoms with Gasteiger partial charge in [0, 0.05) is 17.8 Å². The van der Waals surface area contributed by atoms with Gasteiger partial charge in [0.05, 0.1) is 31.6 Å². The third-order valence-electron chi connectivity index (χ3n) is 3.17. The molecule has 0 fully saturated rings. The van der Waals surface area contributed by atoms with E-state index in [1.54, 1.807) is 0 Å². The van der Waals surface area contributed by atoms with E-state index in [0.717, 1.165) is 12.1 Å². The van der Waals surface area contributed by atoms with Crippen molar-refractivity contribution in [2.75, 3.05) is 38.3 Å². The number of ether oxygens (including phenoxy) is 1. The molecule has 8 heteroatoms. The predicted molar refractivity (Wildman–Crippen MR) is 99.5 cm³/mol. The third-order valence-corrected chi connectivity index (χ3v) is 4.33. The number of rotatable bonds is 9. The lowest BCUT2D eigenvalue weighted by Gasteiger charge is -2.18. The summed E-state index contributed by atoms with van der Waals surface area (Å²) in [6, 6.07) is 7.73. The van der Waals surface area contributed by atoms with Crippen molar-refractivity contribution >= 4 is 27.4 Å². The van der Waals surface area contributed by atoms with Crippen LogP contribution in [0.4, 0.5) is 0 Å². The van der Waals surface area contributed by atoms with E-state index in [-0.39, 0.29) is 18.4 Å². The topological polar surface area (TPSA) is 79.8 Å². The van der Waals surface area contributed by atoms with Crippen LogP contribution >= 0.6 is 11.6 Å². The Morgan fingerprint density at radius 2 is 1.96 bits per heavy atom. The molecule has 2 N–H and O–H groups in total. The van der Waals surface area contributed by atoms with Gasteiger partial charge in [-0.25, -0.2) is 8.42 Å². The molecule has 0 aliphatic carbocycles. The van der Waals surface area contributed by atoms with Crippen molar-refractivity contribution in [2.24, 2.45) is 4.99 Å². The van der Waals surface area contributed by atoms with E-state index < -0.39 is 9.84 Å². The zero-order valence-corrected chi connectivity index (χ0v) is 16.0. The van der Waals surface area contributed by atoms with Crippen molar-refractivity contribution in [1.82, 2.24) is 10.6 Å². The molecule has 0 spiro atoms. The van der Waals surface area contributed by atoms with Crippen LogP contribution in [0.1, 0.15) is 25.5 Å². The van der Waals surface area contributed by atoms with Crippen molar-refractivity contribution in [3.05, 3.63) is 34.9 Å². The van der Waals surface area contributed by atoms with Crippen LogP contribution in [-0.4, -0.2) is 52.7 Å². The van der Waals surface area contributed by atoms with Gasteiger partial charge in [0.15, 0.2) is 5.96 Å². The van der Waals surface area contributed by atoms with Gasteiger partial charge in [0.25, 0.3) is 0 Å². The SMILES string of the molecule is CCNC(=NCCOCCS(C)(=O)=O)NC(C)c1ccc(Cl)cc1. The fourth-order valence-electron chi connectivity index (χ4n) is 1.89. The van der Waals surface area contributed by atoms with E-state index in [9.17, 15) is 8.42 Å². The summed E-state index contributed by atoms with van der Waals surface area (Å²) in [6.07, 6.45) is 1.19. The van der Waals surface area contributed by atoms with E-state index in [4.69, 9.17) is 16.3 Å². The van der Waals surface area contributed by atoms with Crippen LogP contribution in [0, 0.1) is 0 Å². The third kappa shape index (κ3) is 9.10. The van der Waals surface area contributed by atoms with Gasteiger partial charge in [-0.15, -0.1) is 0 Å². The van der Waals surface area contributed by atoms with E-state index in [1.165, 1.54) is 6.26 Å². The largest absolute Gasteiger partial charge is 0.378 e. The van der Waals surface area contributed by atoms with Crippen molar-refractivity contribution < 1.29 is 13.2 Å². The maximum Gasteiger partial charge on any atom is 0.191 e. The second kappa shape index (κ2) is 10.5. The van der Waals surface area contributed by atoms with Crippen LogP contribution in [-0.2, 0) is 14.6 Å². The number of nitrogens with zero attached hydrogens (tertiary/aromatic N) is 1. The highest BCUT2D eigenvalue weighted by molar-refractivity contribution is 7.90. The molecule has 0 radical (unpaired) electrons. The summed E-state index contributed by atoms with van der Waals surface area (Å²) in [5, 5.41) is 7.19. The number of hydrogen-bond acceptors (Lipinski definition) is 4. The van der Waals surface area contributed by atoms with Crippen molar-refractivity contribution in [3.63, 3.8) is 0 Å². The molecule has 0 amide bonds. The molecule has 136 valence electrons. The highest BCUT2D eigenvalue weighted by atomic mass is 35.5. The molecular formula is C16H26ClN3O3S. The fraction of sp³-hybridized carbons (Fsp3) is 0.562. The molecule has 1 aromatic carbocycles. The summed E-state index contributed by atoms with van der Waals surface area (Å²) >= 11 is 5.90. The summed E-state index contributed by atoms with van der Waals surface area (Å²) in [5.41, 5.74) is 1.11. The van der Waals surface area contributed by atoms with E-state index in [0.29, 0.717) is 24.1 Å². The van der Waals surface area contributed by atoms with Crippen LogP contribution in [0.2, 0.25) is 5.02 Å². The summed E-state index contributed by atoms with van der Waals surface area (Å²) in [7, 11) is -2.98. The van der Waals surface area contributed by atoms with Crippen LogP contribution in [0.5, 0.6) is 0 Å². The van der Waals surface area contributed by atoms with Gasteiger partial charge in [-0.3, -0.25) is 4.99 Å². The van der Waals surface area contributed by atoms with Crippen molar-refractivity contribution in [3.8, 4) is 0 Å². The predicted octanol–water partition coefficient (Wildman–Crippen LogP) is 2.02. The number of halogens is 1. The highest BCUT2D eigenvalue weighted by Crippen LogP contribution is 2.15. The van der Waals surface area contributed by atoms with E-state index in [2.05, 4.69) is 15.6 Å². The quantitative estimate of drug-likeness (QED) is 0.392. The van der Waals surface area contributed by atoms with Gasteiger partial charge < -0.3 is 15.4 Å². The second-order valence-electron chi connectivity index (χ2n) is 5.42. The highest BCUT2D eigenvalue weighted by Gasteiger charge is 2.07. The Morgan fingerprint density at radius 1 is 1.29 bits per heavy atom. The van der Waals surface area contributed by atoms with Crippen LogP contribution in [0.15, 0.2) is 29.3 Å². The first-order chi connectivity index (χ1) is 11.3. The van der Waals surface area contributed by atoms with Crippen LogP contribution in [0.3, 0.4) is 0 Å². The molecule has 1 rings (SSSR count). The Hall–Kier alpha value is -1.31. The Morgan fingerprint density at radius 3 is 2.54 bits per heavy atom. The zero-order chi connectivity index (χ0) is 18.0. The van der Waals surface area contributed by atoms with Gasteiger partial charge >= 0.3 is 0 Å². The van der Waals surface area contributed by atoms with Gasteiger partial charge in [-0.1, -0.05) is 23.7 Å². The number of nitrogens with one attached hydrogen (secondary N) is 2. The lowest BCUT2D eigenvalue weighted by Crippen LogP contribution is -2.39. The van der Waals surface area contributed by atoms with Gasteiger partial charge in [-0.2, -0.15) is 0 Å². The molecule has 24 heavy (non-hydrogen) atoms. The average Bonchev–Trinajstić information content (AvgIpc) is 2.50. The van der Waals surface area contributed by atoms with E-state index >= 15 is 0 Å². The monoisotopic (exact) mass is 375 g/mol. The lowest BCUT2D eigenvalue weighted by molar-refractivity contribution is 0.157. The standard InChI is InChI=1S/C16H26ClN3O3S/c1-4-18-16(19-9-10-23-11-12-24(3,21)22)20-13(2)14-5-7-15(17)8-6-14/h5-8,13H,4,9-12H2,1-3H3,(H2,18,19,20). The zero-order valence-electron chi connectivity index (χ0n) is 14.4. The number of sulfone groups is 1. The minimum absolute atomic E-state index is 0.0304. The maximum atomic E-state index is 11.0. The molecule has 1 aromatic rings. The Kier molecular flexibility index (Phi) is 9.10. The Labute approximate surface area is 149 Å². The molecule has 0 bridgehead atoms. The molecule has 1 unspecified atom stereocenters. The summed E-state index contributed by atoms with van der Waals surface area (Å²) in [5.74, 6) is 0.717. The minimum Gasteiger partial charge on any atom is -0.378 e. The number of aliphatic imine (C=N–C) groups is 1. The molecule has 6 nitrogen and oxygen atoms in total. The van der Waals surface area contributed by atoms with Crippen molar-refractivity contribution in [1.29, 1.82) is 0 Å².